The van der Waals surface area contributed by atoms with Crippen LogP contribution < -0.4 is 5.73 Å². The fourth-order valence-corrected chi connectivity index (χ4v) is 2.81. The van der Waals surface area contributed by atoms with Crippen molar-refractivity contribution < 1.29 is 9.59 Å². The van der Waals surface area contributed by atoms with E-state index in [1.54, 1.807) is 24.3 Å². The van der Waals surface area contributed by atoms with Gasteiger partial charge in [-0.05, 0) is 29.5 Å². The van der Waals surface area contributed by atoms with Crippen molar-refractivity contribution in [2.45, 2.75) is 0 Å². The number of hydrogen-bond acceptors (Lipinski definition) is 4. The van der Waals surface area contributed by atoms with Crippen LogP contribution in [-0.2, 0) is 4.79 Å². The molecule has 4 nitrogen and oxygen atoms in total. The normalized spacial score (nSPS) is 16.8. The van der Waals surface area contributed by atoms with E-state index in [4.69, 9.17) is 28.9 Å². The van der Waals surface area contributed by atoms with Crippen molar-refractivity contribution in [2.24, 2.45) is 5.73 Å². The number of benzene rings is 1. The van der Waals surface area contributed by atoms with Gasteiger partial charge in [-0.3, -0.25) is 14.5 Å². The van der Waals surface area contributed by atoms with Gasteiger partial charge in [0.1, 0.15) is 0 Å². The van der Waals surface area contributed by atoms with Gasteiger partial charge in [-0.1, -0.05) is 35.3 Å². The quantitative estimate of drug-likeness (QED) is 0.846. The molecule has 0 atom stereocenters. The van der Waals surface area contributed by atoms with Gasteiger partial charge in [-0.2, -0.15) is 0 Å². The largest absolute Gasteiger partial charge is 0.329 e. The minimum Gasteiger partial charge on any atom is -0.329 e. The molecular formula is C12H11Cl3N2O2S. The molecule has 1 aliphatic heterocycles. The maximum atomic E-state index is 12.0. The number of amides is 2. The Labute approximate surface area is 136 Å². The summed E-state index contributed by atoms with van der Waals surface area (Å²) in [6, 6.07) is 5.11. The highest BCUT2D eigenvalue weighted by molar-refractivity contribution is 8.18. The van der Waals surface area contributed by atoms with Gasteiger partial charge in [0, 0.05) is 13.1 Å². The van der Waals surface area contributed by atoms with E-state index < -0.39 is 0 Å². The second-order valence-electron chi connectivity index (χ2n) is 3.77. The highest BCUT2D eigenvalue weighted by atomic mass is 35.5. The second-order valence-corrected chi connectivity index (χ2v) is 5.54. The molecular weight excluding hydrogens is 343 g/mol. The molecule has 2 rings (SSSR count). The fraction of sp³-hybridized carbons (Fsp3) is 0.167. The first-order valence-electron chi connectivity index (χ1n) is 5.44. The molecule has 0 aliphatic carbocycles. The highest BCUT2D eigenvalue weighted by Crippen LogP contribution is 2.34. The van der Waals surface area contributed by atoms with E-state index in [9.17, 15) is 9.59 Å². The summed E-state index contributed by atoms with van der Waals surface area (Å²) < 4.78 is 0. The van der Waals surface area contributed by atoms with E-state index in [2.05, 4.69) is 0 Å². The van der Waals surface area contributed by atoms with E-state index in [0.717, 1.165) is 16.7 Å². The first kappa shape index (κ1) is 17.3. The van der Waals surface area contributed by atoms with Gasteiger partial charge in [0.15, 0.2) is 0 Å². The Kier molecular flexibility index (Phi) is 6.36. The van der Waals surface area contributed by atoms with Crippen LogP contribution >= 0.6 is 47.4 Å². The molecule has 20 heavy (non-hydrogen) atoms. The van der Waals surface area contributed by atoms with Crippen LogP contribution in [0.25, 0.3) is 6.08 Å². The van der Waals surface area contributed by atoms with Crippen molar-refractivity contribution in [2.75, 3.05) is 13.1 Å². The highest BCUT2D eigenvalue weighted by Gasteiger charge is 2.34. The first-order chi connectivity index (χ1) is 9.04. The number of halogens is 3. The lowest BCUT2D eigenvalue weighted by Crippen LogP contribution is -2.33. The third kappa shape index (κ3) is 3.48. The molecule has 1 aromatic rings. The van der Waals surface area contributed by atoms with Crippen LogP contribution in [0.4, 0.5) is 4.79 Å². The first-order valence-corrected chi connectivity index (χ1v) is 7.01. The number of hydrogen-bond donors (Lipinski definition) is 1. The zero-order valence-corrected chi connectivity index (χ0v) is 13.3. The molecule has 0 unspecified atom stereocenters. The Morgan fingerprint density at radius 1 is 1.30 bits per heavy atom. The number of carbonyl (C=O) groups excluding carboxylic acids is 2. The summed E-state index contributed by atoms with van der Waals surface area (Å²) in [5.41, 5.74) is 5.97. The van der Waals surface area contributed by atoms with Crippen molar-refractivity contribution in [3.8, 4) is 0 Å². The molecule has 1 aliphatic rings. The van der Waals surface area contributed by atoms with Crippen LogP contribution in [0.3, 0.4) is 0 Å². The summed E-state index contributed by atoms with van der Waals surface area (Å²) in [6.07, 6.45) is 1.57. The summed E-state index contributed by atoms with van der Waals surface area (Å²) in [6.45, 7) is 0.453. The third-order valence-corrected chi connectivity index (χ3v) is 4.24. The lowest BCUT2D eigenvalue weighted by molar-refractivity contribution is -0.122. The van der Waals surface area contributed by atoms with E-state index >= 15 is 0 Å². The zero-order chi connectivity index (χ0) is 14.0. The number of nitrogens with two attached hydrogens (primary N) is 1. The smallest absolute Gasteiger partial charge is 0.293 e. The average molecular weight is 354 g/mol. The number of nitrogens with zero attached hydrogens (tertiary/aromatic N) is 1. The summed E-state index contributed by atoms with van der Waals surface area (Å²) in [7, 11) is 0. The summed E-state index contributed by atoms with van der Waals surface area (Å²) >= 11 is 12.8. The Hall–Kier alpha value is -0.720. The molecule has 0 radical (unpaired) electrons. The molecule has 2 N–H and O–H groups in total. The van der Waals surface area contributed by atoms with Crippen LogP contribution in [0.2, 0.25) is 10.0 Å². The van der Waals surface area contributed by atoms with Crippen molar-refractivity contribution in [3.05, 3.63) is 38.7 Å². The molecule has 0 bridgehead atoms. The van der Waals surface area contributed by atoms with Gasteiger partial charge in [0.25, 0.3) is 11.1 Å². The zero-order valence-electron chi connectivity index (χ0n) is 10.1. The molecule has 1 aromatic carbocycles. The Bertz CT molecular complexity index is 578. The monoisotopic (exact) mass is 352 g/mol. The van der Waals surface area contributed by atoms with Gasteiger partial charge in [-0.15, -0.1) is 12.4 Å². The maximum absolute atomic E-state index is 12.0. The fourth-order valence-electron chi connectivity index (χ4n) is 1.60. The van der Waals surface area contributed by atoms with Gasteiger partial charge >= 0.3 is 0 Å². The molecule has 1 saturated heterocycles. The Morgan fingerprint density at radius 3 is 2.65 bits per heavy atom. The molecule has 0 saturated carbocycles. The molecule has 2 amide bonds. The lowest BCUT2D eigenvalue weighted by atomic mass is 10.2. The standard InChI is InChI=1S/C12H10Cl2N2O2S.ClH/c13-8-3-1-2-7(10(8)14)6-9-11(17)16(5-4-15)12(18)19-9;/h1-3,6H,4-5,15H2;1H/b9-6-;. The number of carbonyl (C=O) groups is 2. The predicted molar refractivity (Wildman–Crippen MR) is 85.4 cm³/mol. The van der Waals surface area contributed by atoms with E-state index in [-0.39, 0.29) is 36.6 Å². The SMILES string of the molecule is Cl.NCCN1C(=O)S/C(=C\c2cccc(Cl)c2Cl)C1=O. The second kappa shape index (κ2) is 7.33. The van der Waals surface area contributed by atoms with E-state index in [1.165, 1.54) is 0 Å². The summed E-state index contributed by atoms with van der Waals surface area (Å²) in [4.78, 5) is 25.1. The van der Waals surface area contributed by atoms with Crippen LogP contribution in [0.1, 0.15) is 5.56 Å². The van der Waals surface area contributed by atoms with Gasteiger partial charge in [0.05, 0.1) is 15.0 Å². The Morgan fingerprint density at radius 2 is 2.00 bits per heavy atom. The number of imide groups is 1. The van der Waals surface area contributed by atoms with Crippen LogP contribution in [0.15, 0.2) is 23.1 Å². The molecule has 8 heteroatoms. The van der Waals surface area contributed by atoms with Crippen LogP contribution in [-0.4, -0.2) is 29.1 Å². The maximum Gasteiger partial charge on any atom is 0.293 e. The van der Waals surface area contributed by atoms with Crippen molar-refractivity contribution in [1.29, 1.82) is 0 Å². The minimum absolute atomic E-state index is 0. The van der Waals surface area contributed by atoms with E-state index in [0.29, 0.717) is 20.5 Å². The molecule has 0 spiro atoms. The average Bonchev–Trinajstić information content (AvgIpc) is 2.63. The van der Waals surface area contributed by atoms with Crippen molar-refractivity contribution >= 4 is 64.6 Å². The number of thioether (sulfide) groups is 1. The van der Waals surface area contributed by atoms with Gasteiger partial charge in [-0.25, -0.2) is 0 Å². The van der Waals surface area contributed by atoms with Crippen LogP contribution in [0, 0.1) is 0 Å². The Balaban J connectivity index is 0.00000200. The lowest BCUT2D eigenvalue weighted by Gasteiger charge is -2.09. The molecule has 108 valence electrons. The minimum atomic E-state index is -0.350. The molecule has 1 fully saturated rings. The summed E-state index contributed by atoms with van der Waals surface area (Å²) in [5.74, 6) is -0.350. The van der Waals surface area contributed by atoms with Gasteiger partial charge < -0.3 is 5.73 Å². The predicted octanol–water partition coefficient (Wildman–Crippen LogP) is 3.41. The third-order valence-electron chi connectivity index (χ3n) is 2.49. The van der Waals surface area contributed by atoms with Crippen LogP contribution in [0.5, 0.6) is 0 Å². The molecule has 0 aromatic heterocycles. The van der Waals surface area contributed by atoms with Crippen molar-refractivity contribution in [1.82, 2.24) is 4.90 Å². The number of rotatable bonds is 3. The van der Waals surface area contributed by atoms with E-state index in [1.807, 2.05) is 0 Å². The van der Waals surface area contributed by atoms with Crippen molar-refractivity contribution in [3.63, 3.8) is 0 Å². The topological polar surface area (TPSA) is 63.4 Å². The summed E-state index contributed by atoms with van der Waals surface area (Å²) in [5, 5.41) is 0.436. The molecule has 1 heterocycles. The van der Waals surface area contributed by atoms with Gasteiger partial charge in [0.2, 0.25) is 0 Å².